The van der Waals surface area contributed by atoms with Crippen molar-refractivity contribution in [1.82, 2.24) is 0 Å². The van der Waals surface area contributed by atoms with Crippen molar-refractivity contribution in [2.24, 2.45) is 28.6 Å². The van der Waals surface area contributed by atoms with E-state index in [2.05, 4.69) is 27.4 Å². The minimum Gasteiger partial charge on any atom is -0.462 e. The highest BCUT2D eigenvalue weighted by Gasteiger charge is 2.62. The van der Waals surface area contributed by atoms with Crippen LogP contribution < -0.4 is 0 Å². The minimum atomic E-state index is -0.836. The fraction of sp³-hybridized carbons (Fsp3) is 0.742. The van der Waals surface area contributed by atoms with Gasteiger partial charge in [-0.2, -0.15) is 0 Å². The van der Waals surface area contributed by atoms with Gasteiger partial charge in [0.05, 0.1) is 5.92 Å². The van der Waals surface area contributed by atoms with E-state index in [4.69, 9.17) is 18.9 Å². The average molecular weight is 547 g/mol. The standard InChI is InChI=1S/C31H46O8/c1-11-16(2)29(35)39-28-22-13-12-17(3)26(30(22,8)9)24(37-20(6)33)15-31(10)25(38-21(7)34)14-23(36-19(5)32)18(4)27(28)31/h16,22-25,27-28H,4,11-15H2,1-3,5-10H3/t16-,22-,23+,24+,25+,27+,28-,31-/m1/s1. The first kappa shape index (κ1) is 30.9. The predicted molar refractivity (Wildman–Crippen MR) is 145 cm³/mol. The molecule has 0 amide bonds. The van der Waals surface area contributed by atoms with E-state index in [9.17, 15) is 19.2 Å². The molecule has 0 saturated heterocycles. The van der Waals surface area contributed by atoms with Crippen LogP contribution >= 0.6 is 0 Å². The smallest absolute Gasteiger partial charge is 0.308 e. The van der Waals surface area contributed by atoms with E-state index in [-0.39, 0.29) is 24.2 Å². The lowest BCUT2D eigenvalue weighted by molar-refractivity contribution is -0.197. The summed E-state index contributed by atoms with van der Waals surface area (Å²) in [6.45, 7) is 20.6. The molecule has 8 heteroatoms. The molecule has 0 spiro atoms. The van der Waals surface area contributed by atoms with E-state index in [1.165, 1.54) is 20.8 Å². The Labute approximate surface area is 232 Å². The van der Waals surface area contributed by atoms with Gasteiger partial charge in [-0.15, -0.1) is 0 Å². The summed E-state index contributed by atoms with van der Waals surface area (Å²) in [5, 5.41) is 0. The van der Waals surface area contributed by atoms with Crippen molar-refractivity contribution in [2.45, 2.75) is 119 Å². The molecule has 3 aliphatic rings. The number of hydrogen-bond acceptors (Lipinski definition) is 8. The van der Waals surface area contributed by atoms with Gasteiger partial charge in [0, 0.05) is 44.4 Å². The average Bonchev–Trinajstić information content (AvgIpc) is 2.79. The molecule has 8 nitrogen and oxygen atoms in total. The van der Waals surface area contributed by atoms with Gasteiger partial charge in [-0.25, -0.2) is 0 Å². The van der Waals surface area contributed by atoms with Gasteiger partial charge in [0.2, 0.25) is 0 Å². The number of fused-ring (bicyclic) bond motifs is 3. The second-order valence-corrected chi connectivity index (χ2v) is 12.6. The van der Waals surface area contributed by atoms with Crippen LogP contribution in [0.25, 0.3) is 0 Å². The molecule has 218 valence electrons. The third-order valence-corrected chi connectivity index (χ3v) is 9.46. The molecule has 2 fully saturated rings. The van der Waals surface area contributed by atoms with Crippen LogP contribution in [0, 0.1) is 28.6 Å². The summed E-state index contributed by atoms with van der Waals surface area (Å²) < 4.78 is 24.1. The highest BCUT2D eigenvalue weighted by Crippen LogP contribution is 2.60. The van der Waals surface area contributed by atoms with Crippen LogP contribution in [0.15, 0.2) is 23.3 Å². The van der Waals surface area contributed by atoms with Crippen molar-refractivity contribution >= 4 is 23.9 Å². The van der Waals surface area contributed by atoms with Gasteiger partial charge in [0.25, 0.3) is 0 Å². The van der Waals surface area contributed by atoms with Crippen LogP contribution in [-0.4, -0.2) is 48.3 Å². The Bertz CT molecular complexity index is 1050. The third kappa shape index (κ3) is 5.94. The van der Waals surface area contributed by atoms with Gasteiger partial charge in [-0.05, 0) is 49.2 Å². The van der Waals surface area contributed by atoms with Crippen molar-refractivity contribution in [3.8, 4) is 0 Å². The number of rotatable bonds is 6. The lowest BCUT2D eigenvalue weighted by Gasteiger charge is -2.59. The fourth-order valence-corrected chi connectivity index (χ4v) is 7.47. The Balaban J connectivity index is 2.31. The SMILES string of the molecule is C=C1[C@@H](OC(C)=O)C[C@H](OC(C)=O)[C@@]2(C)C[C@H](OC(C)=O)C3=C(C)CC[C@H]([C@@H](OC(=O)[C@H](C)CC)[C@H]12)C3(C)C. The van der Waals surface area contributed by atoms with E-state index in [1.807, 2.05) is 20.8 Å². The highest BCUT2D eigenvalue weighted by molar-refractivity contribution is 5.72. The molecule has 2 bridgehead atoms. The Morgan fingerprint density at radius 3 is 2.05 bits per heavy atom. The van der Waals surface area contributed by atoms with Crippen LogP contribution in [0.2, 0.25) is 0 Å². The molecular weight excluding hydrogens is 500 g/mol. The van der Waals surface area contributed by atoms with Gasteiger partial charge >= 0.3 is 23.9 Å². The van der Waals surface area contributed by atoms with Gasteiger partial charge in [-0.3, -0.25) is 19.2 Å². The van der Waals surface area contributed by atoms with Crippen molar-refractivity contribution in [2.75, 3.05) is 0 Å². The molecule has 0 aromatic heterocycles. The van der Waals surface area contributed by atoms with Crippen LogP contribution in [0.1, 0.15) is 94.4 Å². The Morgan fingerprint density at radius 1 is 0.949 bits per heavy atom. The van der Waals surface area contributed by atoms with Crippen LogP contribution in [0.3, 0.4) is 0 Å². The zero-order chi connectivity index (χ0) is 29.4. The zero-order valence-electron chi connectivity index (χ0n) is 25.1. The molecule has 0 radical (unpaired) electrons. The predicted octanol–water partition coefficient (Wildman–Crippen LogP) is 5.48. The second kappa shape index (κ2) is 11.5. The van der Waals surface area contributed by atoms with Crippen LogP contribution in [0.5, 0.6) is 0 Å². The highest BCUT2D eigenvalue weighted by atomic mass is 16.6. The van der Waals surface area contributed by atoms with E-state index < -0.39 is 59.1 Å². The summed E-state index contributed by atoms with van der Waals surface area (Å²) in [5.74, 6) is -2.59. The summed E-state index contributed by atoms with van der Waals surface area (Å²) in [6, 6.07) is 0. The van der Waals surface area contributed by atoms with Gasteiger partial charge in [-0.1, -0.05) is 46.8 Å². The third-order valence-electron chi connectivity index (χ3n) is 9.46. The Morgan fingerprint density at radius 2 is 1.51 bits per heavy atom. The first-order valence-corrected chi connectivity index (χ1v) is 14.1. The molecule has 3 rings (SSSR count). The Kier molecular flexibility index (Phi) is 9.08. The van der Waals surface area contributed by atoms with Crippen molar-refractivity contribution in [3.63, 3.8) is 0 Å². The number of hydrogen-bond donors (Lipinski definition) is 0. The normalized spacial score (nSPS) is 34.5. The van der Waals surface area contributed by atoms with Gasteiger partial charge < -0.3 is 18.9 Å². The first-order valence-electron chi connectivity index (χ1n) is 14.1. The number of allylic oxidation sites excluding steroid dienone is 1. The van der Waals surface area contributed by atoms with Crippen molar-refractivity contribution in [3.05, 3.63) is 23.3 Å². The summed E-state index contributed by atoms with van der Waals surface area (Å²) in [7, 11) is 0. The van der Waals surface area contributed by atoms with Crippen LogP contribution in [-0.2, 0) is 38.1 Å². The molecule has 0 heterocycles. The molecule has 0 aromatic carbocycles. The Hall–Kier alpha value is -2.64. The number of esters is 4. The maximum atomic E-state index is 13.4. The summed E-state index contributed by atoms with van der Waals surface area (Å²) in [6.07, 6.45) is 0.126. The molecule has 0 N–H and O–H groups in total. The zero-order valence-corrected chi connectivity index (χ0v) is 25.1. The van der Waals surface area contributed by atoms with E-state index >= 15 is 0 Å². The number of carbonyl (C=O) groups is 4. The maximum Gasteiger partial charge on any atom is 0.308 e. The number of ether oxygens (including phenoxy) is 4. The van der Waals surface area contributed by atoms with Crippen LogP contribution in [0.4, 0.5) is 0 Å². The van der Waals surface area contributed by atoms with E-state index in [1.54, 1.807) is 0 Å². The molecule has 8 atom stereocenters. The molecule has 0 aromatic rings. The van der Waals surface area contributed by atoms with E-state index in [0.29, 0.717) is 18.4 Å². The van der Waals surface area contributed by atoms with Crippen molar-refractivity contribution in [1.29, 1.82) is 0 Å². The minimum absolute atomic E-state index is 0.141. The summed E-state index contributed by atoms with van der Waals surface area (Å²) >= 11 is 0. The molecular formula is C31H46O8. The molecule has 2 saturated carbocycles. The lowest BCUT2D eigenvalue weighted by atomic mass is 9.49. The summed E-state index contributed by atoms with van der Waals surface area (Å²) in [4.78, 5) is 50.2. The molecule has 0 aliphatic heterocycles. The first-order chi connectivity index (χ1) is 18.0. The molecule has 3 aliphatic carbocycles. The summed E-state index contributed by atoms with van der Waals surface area (Å²) in [5.41, 5.74) is 1.51. The van der Waals surface area contributed by atoms with E-state index in [0.717, 1.165) is 24.0 Å². The van der Waals surface area contributed by atoms with Gasteiger partial charge in [0.15, 0.2) is 0 Å². The molecule has 0 unspecified atom stereocenters. The fourth-order valence-electron chi connectivity index (χ4n) is 7.47. The lowest BCUT2D eigenvalue weighted by Crippen LogP contribution is -2.61. The monoisotopic (exact) mass is 546 g/mol. The second-order valence-electron chi connectivity index (χ2n) is 12.6. The molecule has 39 heavy (non-hydrogen) atoms. The maximum absolute atomic E-state index is 13.4. The number of carbonyl (C=O) groups excluding carboxylic acids is 4. The topological polar surface area (TPSA) is 105 Å². The largest absolute Gasteiger partial charge is 0.462 e. The van der Waals surface area contributed by atoms with Crippen molar-refractivity contribution < 1.29 is 38.1 Å². The quantitative estimate of drug-likeness (QED) is 0.245. The van der Waals surface area contributed by atoms with Gasteiger partial charge in [0.1, 0.15) is 24.4 Å².